The van der Waals surface area contributed by atoms with E-state index in [9.17, 15) is 9.59 Å². The van der Waals surface area contributed by atoms with Gasteiger partial charge in [0.1, 0.15) is 5.15 Å². The predicted octanol–water partition coefficient (Wildman–Crippen LogP) is 5.90. The summed E-state index contributed by atoms with van der Waals surface area (Å²) in [5, 5.41) is 0.452. The average molecular weight is 421 g/mol. The van der Waals surface area contributed by atoms with Gasteiger partial charge in [-0.05, 0) is 59.9 Å². The molecule has 30 heavy (non-hydrogen) atoms. The molecule has 0 radical (unpaired) electrons. The predicted molar refractivity (Wildman–Crippen MR) is 122 cm³/mol. The van der Waals surface area contributed by atoms with E-state index in [2.05, 4.69) is 4.98 Å². The molecule has 0 fully saturated rings. The van der Waals surface area contributed by atoms with Crippen molar-refractivity contribution in [1.29, 1.82) is 0 Å². The van der Waals surface area contributed by atoms with Crippen LogP contribution in [0.1, 0.15) is 41.3 Å². The smallest absolute Gasteiger partial charge is 0.226 e. The van der Waals surface area contributed by atoms with Crippen molar-refractivity contribution in [1.82, 2.24) is 4.98 Å². The van der Waals surface area contributed by atoms with Crippen molar-refractivity contribution >= 4 is 29.0 Å². The number of amides is 1. The topological polar surface area (TPSA) is 50.3 Å². The van der Waals surface area contributed by atoms with Crippen molar-refractivity contribution in [3.63, 3.8) is 0 Å². The molecule has 0 aliphatic heterocycles. The minimum absolute atomic E-state index is 0.0798. The molecule has 3 aromatic rings. The number of aryl methyl sites for hydroxylation is 2. The van der Waals surface area contributed by atoms with Gasteiger partial charge in [0.25, 0.3) is 0 Å². The maximum absolute atomic E-state index is 12.6. The minimum Gasteiger partial charge on any atom is -0.316 e. The summed E-state index contributed by atoms with van der Waals surface area (Å²) in [7, 11) is 1.78. The van der Waals surface area contributed by atoms with Gasteiger partial charge in [0, 0.05) is 37.3 Å². The van der Waals surface area contributed by atoms with Gasteiger partial charge in [-0.25, -0.2) is 4.98 Å². The fourth-order valence-electron chi connectivity index (χ4n) is 3.36. The van der Waals surface area contributed by atoms with Gasteiger partial charge in [0.15, 0.2) is 5.78 Å². The lowest BCUT2D eigenvalue weighted by atomic mass is 9.95. The van der Waals surface area contributed by atoms with Gasteiger partial charge in [-0.2, -0.15) is 0 Å². The zero-order valence-electron chi connectivity index (χ0n) is 17.5. The van der Waals surface area contributed by atoms with Crippen LogP contribution in [-0.2, 0) is 11.2 Å². The van der Waals surface area contributed by atoms with Gasteiger partial charge in [-0.3, -0.25) is 9.59 Å². The number of carbonyl (C=O) groups excluding carboxylic acids is 2. The molecule has 5 heteroatoms. The van der Waals surface area contributed by atoms with E-state index in [1.54, 1.807) is 24.2 Å². The second-order valence-electron chi connectivity index (χ2n) is 7.30. The van der Waals surface area contributed by atoms with Crippen molar-refractivity contribution in [2.24, 2.45) is 0 Å². The number of pyridine rings is 1. The van der Waals surface area contributed by atoms with Crippen molar-refractivity contribution in [2.75, 3.05) is 11.9 Å². The van der Waals surface area contributed by atoms with Crippen LogP contribution < -0.4 is 4.90 Å². The van der Waals surface area contributed by atoms with Crippen molar-refractivity contribution < 1.29 is 9.59 Å². The van der Waals surface area contributed by atoms with Gasteiger partial charge in [-0.1, -0.05) is 48.9 Å². The van der Waals surface area contributed by atoms with E-state index in [-0.39, 0.29) is 11.7 Å². The van der Waals surface area contributed by atoms with Crippen LogP contribution in [0.15, 0.2) is 60.8 Å². The molecule has 0 aliphatic rings. The molecule has 0 N–H and O–H groups in total. The summed E-state index contributed by atoms with van der Waals surface area (Å²) >= 11 is 5.80. The first-order valence-corrected chi connectivity index (χ1v) is 10.4. The monoisotopic (exact) mass is 420 g/mol. The molecule has 1 amide bonds. The Balaban J connectivity index is 1.70. The minimum atomic E-state index is 0.0798. The molecule has 3 rings (SSSR count). The van der Waals surface area contributed by atoms with Gasteiger partial charge in [0.05, 0.1) is 0 Å². The fraction of sp³-hybridized carbons (Fsp3) is 0.240. The Kier molecular flexibility index (Phi) is 7.01. The molecule has 4 nitrogen and oxygen atoms in total. The van der Waals surface area contributed by atoms with E-state index in [0.717, 1.165) is 27.9 Å². The number of hydrogen-bond donors (Lipinski definition) is 0. The van der Waals surface area contributed by atoms with E-state index in [1.807, 2.05) is 62.4 Å². The fourth-order valence-corrected chi connectivity index (χ4v) is 3.48. The van der Waals surface area contributed by atoms with E-state index < -0.39 is 0 Å². The van der Waals surface area contributed by atoms with E-state index in [4.69, 9.17) is 11.6 Å². The summed E-state index contributed by atoms with van der Waals surface area (Å²) in [5.74, 6) is 0.186. The molecule has 0 bridgehead atoms. The normalized spacial score (nSPS) is 10.7. The van der Waals surface area contributed by atoms with Crippen LogP contribution in [0.4, 0.5) is 5.69 Å². The van der Waals surface area contributed by atoms with Crippen LogP contribution in [0.2, 0.25) is 5.15 Å². The number of benzene rings is 2. The lowest BCUT2D eigenvalue weighted by Gasteiger charge is -2.17. The Morgan fingerprint density at radius 1 is 1.03 bits per heavy atom. The molecule has 1 aromatic heterocycles. The van der Waals surface area contributed by atoms with Crippen LogP contribution in [0.25, 0.3) is 11.1 Å². The molecular formula is C25H25ClN2O2. The number of anilines is 1. The van der Waals surface area contributed by atoms with Gasteiger partial charge >= 0.3 is 0 Å². The first-order chi connectivity index (χ1) is 14.4. The summed E-state index contributed by atoms with van der Waals surface area (Å²) in [6, 6.07) is 17.3. The summed E-state index contributed by atoms with van der Waals surface area (Å²) in [6.45, 7) is 3.86. The Labute approximate surface area is 182 Å². The van der Waals surface area contributed by atoms with Crippen molar-refractivity contribution in [3.05, 3.63) is 82.6 Å². The lowest BCUT2D eigenvalue weighted by Crippen LogP contribution is -2.24. The third-order valence-corrected chi connectivity index (χ3v) is 5.44. The van der Waals surface area contributed by atoms with Crippen LogP contribution in [-0.4, -0.2) is 23.7 Å². The Hall–Kier alpha value is -2.98. The highest BCUT2D eigenvalue weighted by atomic mass is 35.5. The number of aromatic nitrogens is 1. The van der Waals surface area contributed by atoms with Crippen LogP contribution in [0.5, 0.6) is 0 Å². The van der Waals surface area contributed by atoms with Crippen molar-refractivity contribution in [3.8, 4) is 11.1 Å². The standard InChI is InChI=1S/C25H25ClN2O2/c1-4-25(30)28(3)21-10-7-19(8-11-21)22-12-9-20(15-17(22)2)23(29)13-5-18-6-14-24(26)27-16-18/h6-12,14-16H,4-5,13H2,1-3H3. The number of rotatable bonds is 7. The first-order valence-electron chi connectivity index (χ1n) is 10.00. The first kappa shape index (κ1) is 21.7. The molecule has 0 aliphatic carbocycles. The van der Waals surface area contributed by atoms with Gasteiger partial charge in [-0.15, -0.1) is 0 Å². The number of ketones is 1. The third-order valence-electron chi connectivity index (χ3n) is 5.22. The second kappa shape index (κ2) is 9.68. The van der Waals surface area contributed by atoms with Crippen LogP contribution in [0, 0.1) is 6.92 Å². The maximum atomic E-state index is 12.6. The molecule has 0 saturated carbocycles. The molecule has 0 saturated heterocycles. The number of hydrogen-bond acceptors (Lipinski definition) is 3. The lowest BCUT2D eigenvalue weighted by molar-refractivity contribution is -0.118. The molecule has 0 unspecified atom stereocenters. The Morgan fingerprint density at radius 2 is 1.77 bits per heavy atom. The quantitative estimate of drug-likeness (QED) is 0.353. The molecular weight excluding hydrogens is 396 g/mol. The third kappa shape index (κ3) is 5.14. The van der Waals surface area contributed by atoms with Gasteiger partial charge < -0.3 is 4.90 Å². The van der Waals surface area contributed by atoms with Gasteiger partial charge in [0.2, 0.25) is 5.91 Å². The highest BCUT2D eigenvalue weighted by Crippen LogP contribution is 2.27. The average Bonchev–Trinajstić information content (AvgIpc) is 2.77. The molecule has 154 valence electrons. The largest absolute Gasteiger partial charge is 0.316 e. The van der Waals surface area contributed by atoms with Crippen LogP contribution in [0.3, 0.4) is 0 Å². The molecule has 1 heterocycles. The Bertz CT molecular complexity index is 1040. The molecule has 2 aromatic carbocycles. The van der Waals surface area contributed by atoms with Crippen molar-refractivity contribution in [2.45, 2.75) is 33.1 Å². The maximum Gasteiger partial charge on any atom is 0.226 e. The van der Waals surface area contributed by atoms with E-state index >= 15 is 0 Å². The molecule has 0 atom stereocenters. The molecule has 0 spiro atoms. The number of Topliss-reactive ketones (excluding diaryl/α,β-unsaturated/α-hetero) is 1. The number of carbonyl (C=O) groups is 2. The SMILES string of the molecule is CCC(=O)N(C)c1ccc(-c2ccc(C(=O)CCc3ccc(Cl)nc3)cc2C)cc1. The number of halogens is 1. The van der Waals surface area contributed by atoms with Crippen LogP contribution >= 0.6 is 11.6 Å². The second-order valence-corrected chi connectivity index (χ2v) is 7.68. The zero-order chi connectivity index (χ0) is 21.7. The highest BCUT2D eigenvalue weighted by molar-refractivity contribution is 6.29. The number of nitrogens with zero attached hydrogens (tertiary/aromatic N) is 2. The summed E-state index contributed by atoms with van der Waals surface area (Å²) in [6.07, 6.45) is 3.24. The van der Waals surface area contributed by atoms with E-state index in [1.165, 1.54) is 0 Å². The Morgan fingerprint density at radius 3 is 2.37 bits per heavy atom. The highest BCUT2D eigenvalue weighted by Gasteiger charge is 2.11. The summed E-state index contributed by atoms with van der Waals surface area (Å²) in [5.41, 5.74) is 5.74. The summed E-state index contributed by atoms with van der Waals surface area (Å²) in [4.78, 5) is 30.2. The van der Waals surface area contributed by atoms with E-state index in [0.29, 0.717) is 30.0 Å². The summed E-state index contributed by atoms with van der Waals surface area (Å²) < 4.78 is 0. The zero-order valence-corrected chi connectivity index (χ0v) is 18.2.